The van der Waals surface area contributed by atoms with Crippen molar-refractivity contribution in [2.75, 3.05) is 39.3 Å². The Morgan fingerprint density at radius 1 is 1.00 bits per heavy atom. The van der Waals surface area contributed by atoms with Crippen molar-refractivity contribution in [2.45, 2.75) is 12.5 Å². The minimum Gasteiger partial charge on any atom is -0.337 e. The van der Waals surface area contributed by atoms with Gasteiger partial charge in [0, 0.05) is 39.3 Å². The molecule has 5 nitrogen and oxygen atoms in total. The topological polar surface area (TPSA) is 56.4 Å². The van der Waals surface area contributed by atoms with Crippen LogP contribution in [0.25, 0.3) is 0 Å². The van der Waals surface area contributed by atoms with Crippen molar-refractivity contribution in [3.05, 3.63) is 71.8 Å². The number of hydrogen-bond donors (Lipinski definition) is 3. The van der Waals surface area contributed by atoms with Gasteiger partial charge in [0.1, 0.15) is 0 Å². The third-order valence-corrected chi connectivity index (χ3v) is 4.71. The lowest BCUT2D eigenvalue weighted by Crippen LogP contribution is -2.47. The Labute approximate surface area is 167 Å². The molecule has 6 heteroatoms. The molecule has 0 aliphatic carbocycles. The molecule has 0 spiro atoms. The van der Waals surface area contributed by atoms with E-state index in [1.807, 2.05) is 36.4 Å². The average Bonchev–Trinajstić information content (AvgIpc) is 2.70. The maximum absolute atomic E-state index is 12.4. The normalized spacial score (nSPS) is 15.4. The Hall–Kier alpha value is -2.08. The third kappa shape index (κ3) is 7.21. The van der Waals surface area contributed by atoms with Crippen molar-refractivity contribution in [1.82, 2.24) is 20.9 Å². The van der Waals surface area contributed by atoms with Crippen LogP contribution in [0, 0.1) is 0 Å². The van der Waals surface area contributed by atoms with Crippen molar-refractivity contribution >= 4 is 18.4 Å². The van der Waals surface area contributed by atoms with E-state index in [4.69, 9.17) is 0 Å². The second kappa shape index (κ2) is 11.6. The maximum Gasteiger partial charge on any atom is 0.315 e. The molecule has 1 saturated heterocycles. The number of carbonyl (C=O) groups excluding carboxylic acids is 1. The molecule has 2 amide bonds. The molecular weight excluding hydrogens is 360 g/mol. The number of nitrogens with zero attached hydrogens (tertiary/aromatic N) is 1. The molecule has 3 N–H and O–H groups in total. The molecule has 0 saturated carbocycles. The molecule has 1 aliphatic heterocycles. The van der Waals surface area contributed by atoms with Crippen LogP contribution in [0.2, 0.25) is 0 Å². The minimum absolute atomic E-state index is 0. The fourth-order valence-electron chi connectivity index (χ4n) is 3.26. The van der Waals surface area contributed by atoms with E-state index in [-0.39, 0.29) is 24.5 Å². The molecular formula is C21H29ClN4O. The molecule has 27 heavy (non-hydrogen) atoms. The summed E-state index contributed by atoms with van der Waals surface area (Å²) >= 11 is 0. The molecule has 1 fully saturated rings. The van der Waals surface area contributed by atoms with Gasteiger partial charge in [-0.3, -0.25) is 4.90 Å². The number of piperazine rings is 1. The summed E-state index contributed by atoms with van der Waals surface area (Å²) in [4.78, 5) is 14.8. The smallest absolute Gasteiger partial charge is 0.315 e. The first-order chi connectivity index (χ1) is 12.8. The van der Waals surface area contributed by atoms with Crippen molar-refractivity contribution < 1.29 is 4.79 Å². The summed E-state index contributed by atoms with van der Waals surface area (Å²) in [6.07, 6.45) is 0.774. The van der Waals surface area contributed by atoms with Gasteiger partial charge in [-0.25, -0.2) is 4.79 Å². The molecule has 1 atom stereocenters. The highest BCUT2D eigenvalue weighted by molar-refractivity contribution is 5.85. The number of rotatable bonds is 7. The summed E-state index contributed by atoms with van der Waals surface area (Å²) in [6.45, 7) is 5.70. The van der Waals surface area contributed by atoms with Crippen molar-refractivity contribution in [3.8, 4) is 0 Å². The molecule has 2 aromatic rings. The Kier molecular flexibility index (Phi) is 9.11. The zero-order valence-electron chi connectivity index (χ0n) is 15.6. The van der Waals surface area contributed by atoms with Crippen LogP contribution in [0.15, 0.2) is 60.7 Å². The molecule has 3 rings (SSSR count). The Bertz CT molecular complexity index is 662. The van der Waals surface area contributed by atoms with E-state index in [1.165, 1.54) is 5.56 Å². The molecule has 1 unspecified atom stereocenters. The lowest BCUT2D eigenvalue weighted by Gasteiger charge is -2.27. The van der Waals surface area contributed by atoms with Crippen LogP contribution in [0.3, 0.4) is 0 Å². The van der Waals surface area contributed by atoms with Gasteiger partial charge in [0.25, 0.3) is 0 Å². The van der Waals surface area contributed by atoms with Crippen molar-refractivity contribution in [1.29, 1.82) is 0 Å². The largest absolute Gasteiger partial charge is 0.337 e. The van der Waals surface area contributed by atoms with E-state index in [9.17, 15) is 4.79 Å². The lowest BCUT2D eigenvalue weighted by atomic mass is 9.99. The molecule has 1 heterocycles. The second-order valence-electron chi connectivity index (χ2n) is 6.64. The highest BCUT2D eigenvalue weighted by Gasteiger charge is 2.15. The zero-order chi connectivity index (χ0) is 18.0. The number of nitrogens with one attached hydrogen (secondary N) is 3. The number of urea groups is 1. The van der Waals surface area contributed by atoms with Crippen molar-refractivity contribution in [3.63, 3.8) is 0 Å². The minimum atomic E-state index is -0.107. The SMILES string of the molecule is Cl.O=C(NCCN1CCNCC1)NC(Cc1ccccc1)c1ccccc1. The van der Waals surface area contributed by atoms with Crippen LogP contribution in [0.5, 0.6) is 0 Å². The fraction of sp³-hybridized carbons (Fsp3) is 0.381. The standard InChI is InChI=1S/C21H28N4O.ClH/c26-21(23-13-16-25-14-11-22-12-15-25)24-20(19-9-5-2-6-10-19)17-18-7-3-1-4-8-18;/h1-10,20,22H,11-17H2,(H2,23,24,26);1H. The first kappa shape index (κ1) is 21.2. The van der Waals surface area contributed by atoms with Gasteiger partial charge in [-0.15, -0.1) is 12.4 Å². The summed E-state index contributed by atoms with van der Waals surface area (Å²) < 4.78 is 0. The molecule has 1 aliphatic rings. The van der Waals surface area contributed by atoms with Gasteiger partial charge >= 0.3 is 6.03 Å². The van der Waals surface area contributed by atoms with Crippen molar-refractivity contribution in [2.24, 2.45) is 0 Å². The molecule has 2 aromatic carbocycles. The Morgan fingerprint density at radius 2 is 1.63 bits per heavy atom. The van der Waals surface area contributed by atoms with Gasteiger partial charge in [-0.2, -0.15) is 0 Å². The van der Waals surface area contributed by atoms with Crippen LogP contribution >= 0.6 is 12.4 Å². The fourth-order valence-corrected chi connectivity index (χ4v) is 3.26. The monoisotopic (exact) mass is 388 g/mol. The van der Waals surface area contributed by atoms with E-state index in [0.717, 1.165) is 44.7 Å². The number of amides is 2. The number of carbonyl (C=O) groups is 1. The highest BCUT2D eigenvalue weighted by atomic mass is 35.5. The highest BCUT2D eigenvalue weighted by Crippen LogP contribution is 2.18. The van der Waals surface area contributed by atoms with Gasteiger partial charge in [-0.05, 0) is 17.5 Å². The molecule has 0 bridgehead atoms. The number of benzene rings is 2. The van der Waals surface area contributed by atoms with E-state index in [2.05, 4.69) is 45.1 Å². The predicted octanol–water partition coefficient (Wildman–Crippen LogP) is 2.60. The van der Waals surface area contributed by atoms with Gasteiger partial charge in [0.05, 0.1) is 6.04 Å². The quantitative estimate of drug-likeness (QED) is 0.683. The first-order valence-corrected chi connectivity index (χ1v) is 9.37. The summed E-state index contributed by atoms with van der Waals surface area (Å²) in [5.74, 6) is 0. The van der Waals surface area contributed by atoms with E-state index >= 15 is 0 Å². The van der Waals surface area contributed by atoms with E-state index in [0.29, 0.717) is 6.54 Å². The van der Waals surface area contributed by atoms with E-state index < -0.39 is 0 Å². The summed E-state index contributed by atoms with van der Waals surface area (Å²) in [6, 6.07) is 20.3. The molecule has 146 valence electrons. The van der Waals surface area contributed by atoms with Crippen LogP contribution in [0.1, 0.15) is 17.2 Å². The summed E-state index contributed by atoms with van der Waals surface area (Å²) in [7, 11) is 0. The molecule has 0 radical (unpaired) electrons. The summed E-state index contributed by atoms with van der Waals surface area (Å²) in [5, 5.41) is 9.48. The predicted molar refractivity (Wildman–Crippen MR) is 112 cm³/mol. The van der Waals surface area contributed by atoms with E-state index in [1.54, 1.807) is 0 Å². The molecule has 0 aromatic heterocycles. The zero-order valence-corrected chi connectivity index (χ0v) is 16.4. The summed E-state index contributed by atoms with van der Waals surface area (Å²) in [5.41, 5.74) is 2.33. The van der Waals surface area contributed by atoms with Gasteiger partial charge in [0.2, 0.25) is 0 Å². The van der Waals surface area contributed by atoms with Crippen LogP contribution in [0.4, 0.5) is 4.79 Å². The first-order valence-electron chi connectivity index (χ1n) is 9.37. The average molecular weight is 389 g/mol. The van der Waals surface area contributed by atoms with Gasteiger partial charge < -0.3 is 16.0 Å². The number of hydrogen-bond acceptors (Lipinski definition) is 3. The van der Waals surface area contributed by atoms with Gasteiger partial charge in [-0.1, -0.05) is 60.7 Å². The third-order valence-electron chi connectivity index (χ3n) is 4.71. The number of halogens is 1. The second-order valence-corrected chi connectivity index (χ2v) is 6.64. The maximum atomic E-state index is 12.4. The van der Waals surface area contributed by atoms with Gasteiger partial charge in [0.15, 0.2) is 0 Å². The van der Waals surface area contributed by atoms with Crippen LogP contribution in [-0.4, -0.2) is 50.2 Å². The lowest BCUT2D eigenvalue weighted by molar-refractivity contribution is 0.224. The van der Waals surface area contributed by atoms with Crippen LogP contribution < -0.4 is 16.0 Å². The Morgan fingerprint density at radius 3 is 2.30 bits per heavy atom. The van der Waals surface area contributed by atoms with Crippen LogP contribution in [-0.2, 0) is 6.42 Å². The Balaban J connectivity index is 0.00000261.